The lowest BCUT2D eigenvalue weighted by atomic mass is 10.1. The van der Waals surface area contributed by atoms with Gasteiger partial charge in [-0.05, 0) is 31.9 Å². The van der Waals surface area contributed by atoms with Gasteiger partial charge < -0.3 is 16.0 Å². The van der Waals surface area contributed by atoms with E-state index in [-0.39, 0.29) is 29.9 Å². The highest BCUT2D eigenvalue weighted by Gasteiger charge is 2.29. The van der Waals surface area contributed by atoms with Crippen molar-refractivity contribution in [1.29, 1.82) is 0 Å². The van der Waals surface area contributed by atoms with E-state index in [1.165, 1.54) is 18.6 Å². The first-order chi connectivity index (χ1) is 9.59. The molecule has 0 aromatic heterocycles. The summed E-state index contributed by atoms with van der Waals surface area (Å²) in [6.07, 6.45) is 4.00. The van der Waals surface area contributed by atoms with Crippen LogP contribution in [0.4, 0.5) is 0 Å². The fourth-order valence-electron chi connectivity index (χ4n) is 2.11. The summed E-state index contributed by atoms with van der Waals surface area (Å²) in [5.74, 6) is 2.12. The minimum atomic E-state index is 0. The summed E-state index contributed by atoms with van der Waals surface area (Å²) in [6.45, 7) is 6.62. The Morgan fingerprint density at radius 3 is 2.62 bits per heavy atom. The molecule has 3 N–H and O–H groups in total. The van der Waals surface area contributed by atoms with Crippen molar-refractivity contribution in [3.63, 3.8) is 0 Å². The Morgan fingerprint density at radius 1 is 1.29 bits per heavy atom. The molecule has 1 aliphatic heterocycles. The SMILES string of the molecule is CCCNC(=O)CCNC(=NC)NCC1(C)CCCS1.I. The molecule has 1 atom stereocenters. The van der Waals surface area contributed by atoms with Crippen LogP contribution in [0.25, 0.3) is 0 Å². The minimum absolute atomic E-state index is 0. The van der Waals surface area contributed by atoms with Crippen molar-refractivity contribution in [2.75, 3.05) is 32.4 Å². The minimum Gasteiger partial charge on any atom is -0.356 e. The van der Waals surface area contributed by atoms with Crippen LogP contribution in [0.15, 0.2) is 4.99 Å². The van der Waals surface area contributed by atoms with Crippen molar-refractivity contribution in [3.05, 3.63) is 0 Å². The van der Waals surface area contributed by atoms with Crippen LogP contribution < -0.4 is 16.0 Å². The van der Waals surface area contributed by atoms with E-state index in [0.29, 0.717) is 17.7 Å². The van der Waals surface area contributed by atoms with Gasteiger partial charge in [0.25, 0.3) is 0 Å². The summed E-state index contributed by atoms with van der Waals surface area (Å²) in [6, 6.07) is 0. The zero-order valence-electron chi connectivity index (χ0n) is 13.3. The van der Waals surface area contributed by atoms with Gasteiger partial charge in [0.1, 0.15) is 0 Å². The van der Waals surface area contributed by atoms with Crippen molar-refractivity contribution in [2.45, 2.75) is 44.3 Å². The molecule has 1 saturated heterocycles. The second kappa shape index (κ2) is 11.4. The highest BCUT2D eigenvalue weighted by Crippen LogP contribution is 2.36. The molecule has 0 aromatic rings. The van der Waals surface area contributed by atoms with Crippen LogP contribution in [-0.2, 0) is 4.79 Å². The number of hydrogen-bond acceptors (Lipinski definition) is 3. The number of carbonyl (C=O) groups excluding carboxylic acids is 1. The largest absolute Gasteiger partial charge is 0.356 e. The first kappa shape index (κ1) is 20.8. The average molecular weight is 428 g/mol. The lowest BCUT2D eigenvalue weighted by molar-refractivity contribution is -0.120. The summed E-state index contributed by atoms with van der Waals surface area (Å²) >= 11 is 2.03. The highest BCUT2D eigenvalue weighted by molar-refractivity contribution is 14.0. The Kier molecular flexibility index (Phi) is 11.3. The van der Waals surface area contributed by atoms with Gasteiger partial charge in [0, 0.05) is 37.8 Å². The zero-order chi connectivity index (χ0) is 14.8. The second-order valence-electron chi connectivity index (χ2n) is 5.35. The number of carbonyl (C=O) groups is 1. The normalized spacial score (nSPS) is 21.6. The molecule has 1 fully saturated rings. The number of rotatable bonds is 7. The molecule has 1 rings (SSSR count). The number of halogens is 1. The van der Waals surface area contributed by atoms with Gasteiger partial charge in [-0.15, -0.1) is 24.0 Å². The second-order valence-corrected chi connectivity index (χ2v) is 7.04. The summed E-state index contributed by atoms with van der Waals surface area (Å²) in [5.41, 5.74) is 0. The van der Waals surface area contributed by atoms with Gasteiger partial charge in [0.15, 0.2) is 5.96 Å². The summed E-state index contributed by atoms with van der Waals surface area (Å²) in [7, 11) is 1.76. The lowest BCUT2D eigenvalue weighted by Gasteiger charge is -2.24. The van der Waals surface area contributed by atoms with Crippen LogP contribution >= 0.6 is 35.7 Å². The number of nitrogens with zero attached hydrogens (tertiary/aromatic N) is 1. The summed E-state index contributed by atoms with van der Waals surface area (Å²) in [5, 5.41) is 9.41. The molecule has 0 bridgehead atoms. The van der Waals surface area contributed by atoms with E-state index < -0.39 is 0 Å². The van der Waals surface area contributed by atoms with Gasteiger partial charge in [0.05, 0.1) is 0 Å². The van der Waals surface area contributed by atoms with Crippen molar-refractivity contribution in [2.24, 2.45) is 4.99 Å². The molecule has 7 heteroatoms. The fraction of sp³-hybridized carbons (Fsp3) is 0.857. The lowest BCUT2D eigenvalue weighted by Crippen LogP contribution is -2.44. The third kappa shape index (κ3) is 8.75. The Balaban J connectivity index is 0.00000400. The van der Waals surface area contributed by atoms with Crippen molar-refractivity contribution in [3.8, 4) is 0 Å². The topological polar surface area (TPSA) is 65.5 Å². The molecule has 21 heavy (non-hydrogen) atoms. The summed E-state index contributed by atoms with van der Waals surface area (Å²) < 4.78 is 0.316. The number of thioether (sulfide) groups is 1. The Morgan fingerprint density at radius 2 is 2.05 bits per heavy atom. The number of nitrogens with one attached hydrogen (secondary N) is 3. The predicted octanol–water partition coefficient (Wildman–Crippen LogP) is 1.97. The molecule has 5 nitrogen and oxygen atoms in total. The van der Waals surface area contributed by atoms with E-state index in [4.69, 9.17) is 0 Å². The fourth-order valence-corrected chi connectivity index (χ4v) is 3.36. The first-order valence-electron chi connectivity index (χ1n) is 7.45. The third-order valence-corrected chi connectivity index (χ3v) is 4.91. The molecular formula is C14H29IN4OS. The van der Waals surface area contributed by atoms with E-state index in [9.17, 15) is 4.79 Å². The summed E-state index contributed by atoms with van der Waals surface area (Å²) in [4.78, 5) is 15.7. The number of guanidine groups is 1. The van der Waals surface area contributed by atoms with E-state index in [0.717, 1.165) is 25.5 Å². The van der Waals surface area contributed by atoms with Crippen LogP contribution in [0.2, 0.25) is 0 Å². The number of aliphatic imine (C=N–C) groups is 1. The Labute approximate surface area is 149 Å². The highest BCUT2D eigenvalue weighted by atomic mass is 127. The smallest absolute Gasteiger partial charge is 0.221 e. The van der Waals surface area contributed by atoms with Gasteiger partial charge in [-0.3, -0.25) is 9.79 Å². The molecule has 0 aliphatic carbocycles. The quantitative estimate of drug-likeness (QED) is 0.330. The maximum absolute atomic E-state index is 11.5. The number of hydrogen-bond donors (Lipinski definition) is 3. The third-order valence-electron chi connectivity index (χ3n) is 3.37. The molecule has 1 heterocycles. The Hall–Kier alpha value is -0.180. The van der Waals surface area contributed by atoms with Gasteiger partial charge in [-0.1, -0.05) is 6.92 Å². The molecular weight excluding hydrogens is 399 g/mol. The molecule has 1 aliphatic rings. The van der Waals surface area contributed by atoms with E-state index in [1.807, 2.05) is 18.7 Å². The molecule has 1 amide bonds. The van der Waals surface area contributed by atoms with E-state index in [2.05, 4.69) is 27.9 Å². The average Bonchev–Trinajstić information content (AvgIpc) is 2.87. The Bertz CT molecular complexity index is 333. The maximum Gasteiger partial charge on any atom is 0.221 e. The first-order valence-corrected chi connectivity index (χ1v) is 8.43. The number of amides is 1. The molecule has 124 valence electrons. The van der Waals surface area contributed by atoms with Gasteiger partial charge in [0.2, 0.25) is 5.91 Å². The van der Waals surface area contributed by atoms with E-state index in [1.54, 1.807) is 7.05 Å². The zero-order valence-corrected chi connectivity index (χ0v) is 16.5. The molecule has 1 unspecified atom stereocenters. The standard InChI is InChI=1S/C14H28N4OS.HI/c1-4-8-16-12(19)6-9-17-13(15-3)18-11-14(2)7-5-10-20-14;/h4-11H2,1-3H3,(H,16,19)(H2,15,17,18);1H. The molecule has 0 aromatic carbocycles. The molecule has 0 radical (unpaired) electrons. The van der Waals surface area contributed by atoms with Crippen LogP contribution in [0, 0.1) is 0 Å². The van der Waals surface area contributed by atoms with E-state index >= 15 is 0 Å². The monoisotopic (exact) mass is 428 g/mol. The van der Waals surface area contributed by atoms with Gasteiger partial charge >= 0.3 is 0 Å². The van der Waals surface area contributed by atoms with Crippen molar-refractivity contribution < 1.29 is 4.79 Å². The molecule has 0 saturated carbocycles. The molecule has 0 spiro atoms. The van der Waals surface area contributed by atoms with Gasteiger partial charge in [-0.2, -0.15) is 11.8 Å². The maximum atomic E-state index is 11.5. The van der Waals surface area contributed by atoms with Crippen molar-refractivity contribution >= 4 is 47.6 Å². The van der Waals surface area contributed by atoms with Crippen LogP contribution in [-0.4, -0.2) is 49.0 Å². The van der Waals surface area contributed by atoms with Gasteiger partial charge in [-0.25, -0.2) is 0 Å². The predicted molar refractivity (Wildman–Crippen MR) is 103 cm³/mol. The van der Waals surface area contributed by atoms with Crippen LogP contribution in [0.5, 0.6) is 0 Å². The van der Waals surface area contributed by atoms with Crippen molar-refractivity contribution in [1.82, 2.24) is 16.0 Å². The van der Waals surface area contributed by atoms with Crippen LogP contribution in [0.3, 0.4) is 0 Å². The van der Waals surface area contributed by atoms with Crippen LogP contribution in [0.1, 0.15) is 39.5 Å².